The van der Waals surface area contributed by atoms with Crippen molar-refractivity contribution >= 4 is 34.1 Å². The number of anilines is 1. The zero-order chi connectivity index (χ0) is 20.5. The first-order valence-electron chi connectivity index (χ1n) is 9.57. The SMILES string of the molecule is O=C(Nc1cccc2c1OCC(CCc1c[nH]c3ccc(Cl)cc13)O2)c1ccon1. The van der Waals surface area contributed by atoms with Crippen molar-refractivity contribution in [2.75, 3.05) is 11.9 Å². The highest BCUT2D eigenvalue weighted by molar-refractivity contribution is 6.31. The number of nitrogens with one attached hydrogen (secondary N) is 2. The number of nitrogens with zero attached hydrogens (tertiary/aromatic N) is 1. The van der Waals surface area contributed by atoms with Crippen LogP contribution >= 0.6 is 11.6 Å². The van der Waals surface area contributed by atoms with Crippen LogP contribution in [0.4, 0.5) is 5.69 Å². The summed E-state index contributed by atoms with van der Waals surface area (Å²) in [6.45, 7) is 0.396. The number of carbonyl (C=O) groups excluding carboxylic acids is 1. The van der Waals surface area contributed by atoms with Gasteiger partial charge in [0.1, 0.15) is 19.0 Å². The quantitative estimate of drug-likeness (QED) is 0.479. The Balaban J connectivity index is 1.27. The molecular weight excluding hydrogens is 406 g/mol. The molecule has 0 aliphatic carbocycles. The van der Waals surface area contributed by atoms with Crippen LogP contribution in [0.2, 0.25) is 5.02 Å². The molecule has 8 heteroatoms. The molecule has 0 saturated carbocycles. The Labute approximate surface area is 176 Å². The Bertz CT molecular complexity index is 1200. The number of aromatic nitrogens is 2. The number of para-hydroxylation sites is 1. The molecule has 1 aliphatic rings. The monoisotopic (exact) mass is 423 g/mol. The molecule has 1 atom stereocenters. The number of amides is 1. The molecule has 0 bridgehead atoms. The van der Waals surface area contributed by atoms with Crippen molar-refractivity contribution in [1.82, 2.24) is 10.1 Å². The van der Waals surface area contributed by atoms with E-state index >= 15 is 0 Å². The van der Waals surface area contributed by atoms with Gasteiger partial charge in [-0.2, -0.15) is 0 Å². The number of benzene rings is 2. The van der Waals surface area contributed by atoms with Crippen LogP contribution in [0.25, 0.3) is 10.9 Å². The molecule has 5 rings (SSSR count). The van der Waals surface area contributed by atoms with Crippen molar-refractivity contribution in [3.8, 4) is 11.5 Å². The number of ether oxygens (including phenoxy) is 2. The first-order valence-corrected chi connectivity index (χ1v) is 9.95. The fourth-order valence-electron chi connectivity index (χ4n) is 3.58. The van der Waals surface area contributed by atoms with E-state index in [0.29, 0.717) is 23.8 Å². The molecule has 0 saturated heterocycles. The average molecular weight is 424 g/mol. The van der Waals surface area contributed by atoms with Crippen LogP contribution in [0.5, 0.6) is 11.5 Å². The molecule has 7 nitrogen and oxygen atoms in total. The predicted octanol–water partition coefficient (Wildman–Crippen LogP) is 4.83. The molecular formula is C22H18ClN3O4. The van der Waals surface area contributed by atoms with Gasteiger partial charge in [-0.25, -0.2) is 0 Å². The smallest absolute Gasteiger partial charge is 0.277 e. The largest absolute Gasteiger partial charge is 0.484 e. The van der Waals surface area contributed by atoms with Crippen LogP contribution in [0.3, 0.4) is 0 Å². The van der Waals surface area contributed by atoms with Crippen molar-refractivity contribution in [1.29, 1.82) is 0 Å². The van der Waals surface area contributed by atoms with Gasteiger partial charge in [-0.1, -0.05) is 22.8 Å². The third-order valence-electron chi connectivity index (χ3n) is 5.07. The molecule has 1 aliphatic heterocycles. The van der Waals surface area contributed by atoms with Crippen molar-refractivity contribution in [3.63, 3.8) is 0 Å². The molecule has 0 radical (unpaired) electrons. The summed E-state index contributed by atoms with van der Waals surface area (Å²) in [5.41, 5.74) is 2.98. The molecule has 2 N–H and O–H groups in total. The maximum atomic E-state index is 12.2. The number of H-pyrrole nitrogens is 1. The lowest BCUT2D eigenvalue weighted by Crippen LogP contribution is -2.30. The van der Waals surface area contributed by atoms with Gasteiger partial charge < -0.3 is 24.3 Å². The van der Waals surface area contributed by atoms with E-state index in [0.717, 1.165) is 28.8 Å². The van der Waals surface area contributed by atoms with E-state index in [1.54, 1.807) is 6.07 Å². The predicted molar refractivity (Wildman–Crippen MR) is 112 cm³/mol. The summed E-state index contributed by atoms with van der Waals surface area (Å²) in [7, 11) is 0. The van der Waals surface area contributed by atoms with E-state index in [9.17, 15) is 4.79 Å². The summed E-state index contributed by atoms with van der Waals surface area (Å²) in [4.78, 5) is 15.5. The van der Waals surface area contributed by atoms with Gasteiger partial charge >= 0.3 is 0 Å². The second-order valence-corrected chi connectivity index (χ2v) is 7.50. The van der Waals surface area contributed by atoms with Crippen molar-refractivity contribution in [2.45, 2.75) is 18.9 Å². The summed E-state index contributed by atoms with van der Waals surface area (Å²) < 4.78 is 16.8. The summed E-state index contributed by atoms with van der Waals surface area (Å²) in [5.74, 6) is 0.747. The maximum Gasteiger partial charge on any atom is 0.277 e. The second-order valence-electron chi connectivity index (χ2n) is 7.07. The van der Waals surface area contributed by atoms with Crippen LogP contribution in [0.15, 0.2) is 59.4 Å². The van der Waals surface area contributed by atoms with E-state index in [4.69, 9.17) is 25.6 Å². The Kier molecular flexibility index (Phi) is 4.80. The topological polar surface area (TPSA) is 89.4 Å². The van der Waals surface area contributed by atoms with Crippen LogP contribution < -0.4 is 14.8 Å². The first kappa shape index (κ1) is 18.6. The third-order valence-corrected chi connectivity index (χ3v) is 5.30. The van der Waals surface area contributed by atoms with Gasteiger partial charge in [-0.3, -0.25) is 4.79 Å². The molecule has 0 spiro atoms. The van der Waals surface area contributed by atoms with Gasteiger partial charge in [0.25, 0.3) is 5.91 Å². The zero-order valence-corrected chi connectivity index (χ0v) is 16.6. The van der Waals surface area contributed by atoms with Crippen molar-refractivity contribution in [2.24, 2.45) is 0 Å². The fourth-order valence-corrected chi connectivity index (χ4v) is 3.75. The van der Waals surface area contributed by atoms with Gasteiger partial charge in [0.15, 0.2) is 17.2 Å². The van der Waals surface area contributed by atoms with Gasteiger partial charge in [-0.05, 0) is 48.7 Å². The number of aromatic amines is 1. The van der Waals surface area contributed by atoms with Crippen LogP contribution in [0, 0.1) is 0 Å². The second kappa shape index (κ2) is 7.76. The molecule has 2 aromatic heterocycles. The van der Waals surface area contributed by atoms with E-state index < -0.39 is 0 Å². The van der Waals surface area contributed by atoms with E-state index in [2.05, 4.69) is 15.5 Å². The molecule has 3 heterocycles. The highest BCUT2D eigenvalue weighted by Gasteiger charge is 2.24. The molecule has 1 amide bonds. The number of aryl methyl sites for hydroxylation is 1. The molecule has 4 aromatic rings. The van der Waals surface area contributed by atoms with Gasteiger partial charge in [-0.15, -0.1) is 0 Å². The summed E-state index contributed by atoms with van der Waals surface area (Å²) in [6.07, 6.45) is 4.88. The van der Waals surface area contributed by atoms with Crippen LogP contribution in [-0.4, -0.2) is 28.8 Å². The van der Waals surface area contributed by atoms with Gasteiger partial charge in [0, 0.05) is 28.2 Å². The number of fused-ring (bicyclic) bond motifs is 2. The van der Waals surface area contributed by atoms with Crippen LogP contribution in [-0.2, 0) is 6.42 Å². The Hall–Kier alpha value is -3.45. The number of hydrogen-bond donors (Lipinski definition) is 2. The lowest BCUT2D eigenvalue weighted by molar-refractivity contribution is 0.0856. The molecule has 2 aromatic carbocycles. The normalized spacial score (nSPS) is 15.3. The molecule has 152 valence electrons. The Morgan fingerprint density at radius 1 is 1.27 bits per heavy atom. The minimum absolute atomic E-state index is 0.0943. The molecule has 1 unspecified atom stereocenters. The number of halogens is 1. The summed E-state index contributed by atoms with van der Waals surface area (Å²) >= 11 is 6.14. The Morgan fingerprint density at radius 3 is 3.07 bits per heavy atom. The van der Waals surface area contributed by atoms with Gasteiger partial charge in [0.2, 0.25) is 0 Å². The highest BCUT2D eigenvalue weighted by Crippen LogP contribution is 2.39. The maximum absolute atomic E-state index is 12.2. The number of hydrogen-bond acceptors (Lipinski definition) is 5. The highest BCUT2D eigenvalue weighted by atomic mass is 35.5. The van der Waals surface area contributed by atoms with Crippen molar-refractivity contribution in [3.05, 3.63) is 71.2 Å². The summed E-state index contributed by atoms with van der Waals surface area (Å²) in [5, 5.41) is 8.27. The standard InChI is InChI=1S/C22H18ClN3O4/c23-14-5-7-17-16(10-14)13(11-24-17)4-6-15-12-28-21-18(2-1-3-20(21)30-15)25-22(27)19-8-9-29-26-19/h1-3,5,7-11,15,24H,4,6,12H2,(H,25,27). The van der Waals surface area contributed by atoms with E-state index in [-0.39, 0.29) is 17.7 Å². The fraction of sp³-hybridized carbons (Fsp3) is 0.182. The lowest BCUT2D eigenvalue weighted by atomic mass is 10.1. The molecule has 0 fully saturated rings. The first-order chi connectivity index (χ1) is 14.7. The third kappa shape index (κ3) is 3.59. The number of rotatable bonds is 5. The van der Waals surface area contributed by atoms with E-state index in [1.165, 1.54) is 17.9 Å². The average Bonchev–Trinajstić information content (AvgIpc) is 3.42. The minimum Gasteiger partial charge on any atom is -0.484 e. The lowest BCUT2D eigenvalue weighted by Gasteiger charge is -2.28. The Morgan fingerprint density at radius 2 is 2.20 bits per heavy atom. The minimum atomic E-state index is -0.374. The number of carbonyl (C=O) groups is 1. The van der Waals surface area contributed by atoms with Crippen molar-refractivity contribution < 1.29 is 18.8 Å². The molecule has 30 heavy (non-hydrogen) atoms. The van der Waals surface area contributed by atoms with Crippen LogP contribution in [0.1, 0.15) is 22.5 Å². The zero-order valence-electron chi connectivity index (χ0n) is 15.9. The van der Waals surface area contributed by atoms with Gasteiger partial charge in [0.05, 0.1) is 5.69 Å². The summed E-state index contributed by atoms with van der Waals surface area (Å²) in [6, 6.07) is 12.7. The van der Waals surface area contributed by atoms with E-state index in [1.807, 2.05) is 36.5 Å².